The highest BCUT2D eigenvalue weighted by atomic mass is 19.1. The standard InChI is InChI=1S/C22H29FN2O2/c1-2-27-22-9-4-3-7-19(22)16-25-12-11-24(17-21(25)10-13-26)15-18-6-5-8-20(23)14-18/h3-9,14,21,26H,2,10-13,15-17H2,1H3. The average molecular weight is 372 g/mol. The molecule has 1 atom stereocenters. The van der Waals surface area contributed by atoms with Crippen molar-refractivity contribution in [3.63, 3.8) is 0 Å². The van der Waals surface area contributed by atoms with Crippen molar-refractivity contribution in [1.29, 1.82) is 0 Å². The molecule has 1 N–H and O–H groups in total. The quantitative estimate of drug-likeness (QED) is 0.771. The van der Waals surface area contributed by atoms with Crippen molar-refractivity contribution < 1.29 is 14.2 Å². The van der Waals surface area contributed by atoms with Gasteiger partial charge in [-0.3, -0.25) is 9.80 Å². The fraction of sp³-hybridized carbons (Fsp3) is 0.455. The first kappa shape index (κ1) is 19.8. The maximum absolute atomic E-state index is 13.5. The number of piperazine rings is 1. The highest BCUT2D eigenvalue weighted by Crippen LogP contribution is 2.24. The van der Waals surface area contributed by atoms with Crippen LogP contribution in [0.4, 0.5) is 4.39 Å². The number of nitrogens with zero attached hydrogens (tertiary/aromatic N) is 2. The summed E-state index contributed by atoms with van der Waals surface area (Å²) in [5.41, 5.74) is 2.17. The summed E-state index contributed by atoms with van der Waals surface area (Å²) in [6.45, 7) is 7.08. The van der Waals surface area contributed by atoms with E-state index in [1.54, 1.807) is 12.1 Å². The van der Waals surface area contributed by atoms with Gasteiger partial charge in [-0.1, -0.05) is 30.3 Å². The number of hydrogen-bond acceptors (Lipinski definition) is 4. The second-order valence-corrected chi connectivity index (χ2v) is 7.04. The molecule has 1 aliphatic heterocycles. The first-order valence-corrected chi connectivity index (χ1v) is 9.72. The minimum absolute atomic E-state index is 0.169. The van der Waals surface area contributed by atoms with Gasteiger partial charge in [0.15, 0.2) is 0 Å². The van der Waals surface area contributed by atoms with Gasteiger partial charge in [-0.15, -0.1) is 0 Å². The van der Waals surface area contributed by atoms with Crippen LogP contribution in [-0.4, -0.2) is 53.8 Å². The molecule has 0 aromatic heterocycles. The van der Waals surface area contributed by atoms with Crippen molar-refractivity contribution in [1.82, 2.24) is 9.80 Å². The molecule has 5 heteroatoms. The number of para-hydroxylation sites is 1. The monoisotopic (exact) mass is 372 g/mol. The normalized spacial score (nSPS) is 18.6. The zero-order valence-electron chi connectivity index (χ0n) is 16.0. The molecule has 1 aliphatic rings. The summed E-state index contributed by atoms with van der Waals surface area (Å²) in [6.07, 6.45) is 0.733. The van der Waals surface area contributed by atoms with Gasteiger partial charge < -0.3 is 9.84 Å². The third-order valence-electron chi connectivity index (χ3n) is 5.09. The number of ether oxygens (including phenoxy) is 1. The molecule has 4 nitrogen and oxygen atoms in total. The van der Waals surface area contributed by atoms with Crippen molar-refractivity contribution in [3.8, 4) is 5.75 Å². The van der Waals surface area contributed by atoms with E-state index in [9.17, 15) is 9.50 Å². The minimum Gasteiger partial charge on any atom is -0.494 e. The fourth-order valence-electron chi connectivity index (χ4n) is 3.77. The van der Waals surface area contributed by atoms with Gasteiger partial charge in [0, 0.05) is 50.9 Å². The van der Waals surface area contributed by atoms with Gasteiger partial charge in [-0.05, 0) is 37.1 Å². The number of rotatable bonds is 8. The SMILES string of the molecule is CCOc1ccccc1CN1CCN(Cc2cccc(F)c2)CC1CCO. The van der Waals surface area contributed by atoms with Crippen molar-refractivity contribution in [2.45, 2.75) is 32.5 Å². The second kappa shape index (κ2) is 9.83. The molecule has 1 saturated heterocycles. The summed E-state index contributed by atoms with van der Waals surface area (Å²) < 4.78 is 19.2. The van der Waals surface area contributed by atoms with Gasteiger partial charge >= 0.3 is 0 Å². The molecule has 146 valence electrons. The Balaban J connectivity index is 1.66. The minimum atomic E-state index is -0.189. The third kappa shape index (κ3) is 5.51. The Labute approximate surface area is 161 Å². The topological polar surface area (TPSA) is 35.9 Å². The molecule has 0 bridgehead atoms. The van der Waals surface area contributed by atoms with E-state index in [0.717, 1.165) is 50.5 Å². The van der Waals surface area contributed by atoms with Crippen LogP contribution in [-0.2, 0) is 13.1 Å². The summed E-state index contributed by atoms with van der Waals surface area (Å²) in [7, 11) is 0. The van der Waals surface area contributed by atoms with Crippen molar-refractivity contribution in [2.24, 2.45) is 0 Å². The summed E-state index contributed by atoms with van der Waals surface area (Å²) in [5, 5.41) is 9.53. The lowest BCUT2D eigenvalue weighted by atomic mass is 10.1. The van der Waals surface area contributed by atoms with Gasteiger partial charge in [0.25, 0.3) is 0 Å². The number of benzene rings is 2. The maximum atomic E-state index is 13.5. The molecule has 1 heterocycles. The Morgan fingerprint density at radius 1 is 1.11 bits per heavy atom. The van der Waals surface area contributed by atoms with E-state index in [4.69, 9.17) is 4.74 Å². The van der Waals surface area contributed by atoms with Crippen LogP contribution in [0.3, 0.4) is 0 Å². The van der Waals surface area contributed by atoms with E-state index < -0.39 is 0 Å². The number of aliphatic hydroxyl groups excluding tert-OH is 1. The van der Waals surface area contributed by atoms with E-state index >= 15 is 0 Å². The maximum Gasteiger partial charge on any atom is 0.123 e. The predicted molar refractivity (Wildman–Crippen MR) is 105 cm³/mol. The van der Waals surface area contributed by atoms with Crippen LogP contribution in [0.1, 0.15) is 24.5 Å². The van der Waals surface area contributed by atoms with Crippen molar-refractivity contribution in [3.05, 3.63) is 65.5 Å². The number of hydrogen-bond donors (Lipinski definition) is 1. The van der Waals surface area contributed by atoms with Gasteiger partial charge in [0.2, 0.25) is 0 Å². The molecule has 1 fully saturated rings. The van der Waals surface area contributed by atoms with Crippen LogP contribution in [0, 0.1) is 5.82 Å². The molecule has 27 heavy (non-hydrogen) atoms. The molecule has 1 unspecified atom stereocenters. The molecular weight excluding hydrogens is 343 g/mol. The predicted octanol–water partition coefficient (Wildman–Crippen LogP) is 3.29. The molecule has 0 saturated carbocycles. The van der Waals surface area contributed by atoms with E-state index in [2.05, 4.69) is 15.9 Å². The van der Waals surface area contributed by atoms with Crippen LogP contribution in [0.5, 0.6) is 5.75 Å². The fourth-order valence-corrected chi connectivity index (χ4v) is 3.77. The Morgan fingerprint density at radius 3 is 2.74 bits per heavy atom. The van der Waals surface area contributed by atoms with E-state index in [1.807, 2.05) is 31.2 Å². The molecule has 3 rings (SSSR count). The summed E-state index contributed by atoms with van der Waals surface area (Å²) in [5.74, 6) is 0.746. The second-order valence-electron chi connectivity index (χ2n) is 7.04. The largest absolute Gasteiger partial charge is 0.494 e. The van der Waals surface area contributed by atoms with E-state index in [0.29, 0.717) is 6.61 Å². The first-order valence-electron chi connectivity index (χ1n) is 9.72. The molecule has 2 aromatic carbocycles. The van der Waals surface area contributed by atoms with Crippen molar-refractivity contribution >= 4 is 0 Å². The third-order valence-corrected chi connectivity index (χ3v) is 5.09. The van der Waals surface area contributed by atoms with Gasteiger partial charge in [0.1, 0.15) is 11.6 Å². The lowest BCUT2D eigenvalue weighted by Gasteiger charge is -2.41. The lowest BCUT2D eigenvalue weighted by molar-refractivity contribution is 0.0494. The zero-order chi connectivity index (χ0) is 19.1. The molecule has 0 aliphatic carbocycles. The van der Waals surface area contributed by atoms with Crippen LogP contribution in [0.25, 0.3) is 0 Å². The number of aliphatic hydroxyl groups is 1. The van der Waals surface area contributed by atoms with Crippen LogP contribution >= 0.6 is 0 Å². The Hall–Kier alpha value is -1.95. The smallest absolute Gasteiger partial charge is 0.123 e. The Bertz CT molecular complexity index is 725. The first-order chi connectivity index (χ1) is 13.2. The van der Waals surface area contributed by atoms with E-state index in [-0.39, 0.29) is 18.5 Å². The molecular formula is C22H29FN2O2. The van der Waals surface area contributed by atoms with Crippen LogP contribution in [0.2, 0.25) is 0 Å². The molecule has 0 radical (unpaired) electrons. The summed E-state index contributed by atoms with van der Waals surface area (Å²) in [6, 6.07) is 15.2. The molecule has 0 amide bonds. The summed E-state index contributed by atoms with van der Waals surface area (Å²) in [4.78, 5) is 4.77. The summed E-state index contributed by atoms with van der Waals surface area (Å²) >= 11 is 0. The van der Waals surface area contributed by atoms with Crippen molar-refractivity contribution in [2.75, 3.05) is 32.8 Å². The Kier molecular flexibility index (Phi) is 7.21. The van der Waals surface area contributed by atoms with E-state index in [1.165, 1.54) is 11.6 Å². The Morgan fingerprint density at radius 2 is 1.96 bits per heavy atom. The van der Waals surface area contributed by atoms with Gasteiger partial charge in [-0.25, -0.2) is 4.39 Å². The van der Waals surface area contributed by atoms with Gasteiger partial charge in [0.05, 0.1) is 6.61 Å². The lowest BCUT2D eigenvalue weighted by Crippen LogP contribution is -2.52. The van der Waals surface area contributed by atoms with Crippen LogP contribution < -0.4 is 4.74 Å². The zero-order valence-corrected chi connectivity index (χ0v) is 16.0. The number of halogens is 1. The highest BCUT2D eigenvalue weighted by Gasteiger charge is 2.27. The highest BCUT2D eigenvalue weighted by molar-refractivity contribution is 5.33. The average Bonchev–Trinajstić information content (AvgIpc) is 2.66. The molecule has 2 aromatic rings. The van der Waals surface area contributed by atoms with Crippen LogP contribution in [0.15, 0.2) is 48.5 Å². The molecule has 0 spiro atoms. The van der Waals surface area contributed by atoms with Gasteiger partial charge in [-0.2, -0.15) is 0 Å².